The van der Waals surface area contributed by atoms with Gasteiger partial charge in [-0.05, 0) is 64.4 Å². The Balaban J connectivity index is 1.87. The van der Waals surface area contributed by atoms with Gasteiger partial charge in [-0.25, -0.2) is 8.42 Å². The molecule has 0 aliphatic carbocycles. The second kappa shape index (κ2) is 10.1. The van der Waals surface area contributed by atoms with Crippen LogP contribution in [-0.2, 0) is 14.8 Å². The maximum absolute atomic E-state index is 12.3. The minimum Gasteiger partial charge on any atom is -0.354 e. The number of amides is 1. The minimum atomic E-state index is -3.54. The molecule has 1 aliphatic rings. The highest BCUT2D eigenvalue weighted by Crippen LogP contribution is 2.23. The van der Waals surface area contributed by atoms with Gasteiger partial charge in [-0.2, -0.15) is 0 Å². The summed E-state index contributed by atoms with van der Waals surface area (Å²) in [5.41, 5.74) is 2.46. The van der Waals surface area contributed by atoms with Gasteiger partial charge in [0.15, 0.2) is 0 Å². The van der Waals surface area contributed by atoms with Gasteiger partial charge in [0.1, 0.15) is 6.54 Å². The molecule has 0 atom stereocenters. The Labute approximate surface area is 164 Å². The molecule has 0 spiro atoms. The Kier molecular flexibility index (Phi) is 8.10. The zero-order chi connectivity index (χ0) is 19.9. The first-order chi connectivity index (χ1) is 12.8. The fourth-order valence-corrected chi connectivity index (χ4v) is 4.46. The number of carbonyl (C=O) groups excluding carboxylic acids is 1. The van der Waals surface area contributed by atoms with E-state index in [9.17, 15) is 13.2 Å². The number of benzene rings is 1. The molecule has 7 heteroatoms. The molecular weight excluding hydrogens is 362 g/mol. The number of hydrogen-bond donors (Lipinski definition) is 1. The summed E-state index contributed by atoms with van der Waals surface area (Å²) in [5.74, 6) is -0.267. The summed E-state index contributed by atoms with van der Waals surface area (Å²) in [7, 11) is -3.54. The number of aryl methyl sites for hydroxylation is 2. The van der Waals surface area contributed by atoms with E-state index in [0.717, 1.165) is 43.4 Å². The molecule has 1 aromatic rings. The van der Waals surface area contributed by atoms with Crippen molar-refractivity contribution in [2.24, 2.45) is 0 Å². The van der Waals surface area contributed by atoms with Crippen molar-refractivity contribution in [2.45, 2.75) is 46.0 Å². The van der Waals surface area contributed by atoms with Crippen molar-refractivity contribution in [3.63, 3.8) is 0 Å². The van der Waals surface area contributed by atoms with Crippen LogP contribution in [0.25, 0.3) is 0 Å². The monoisotopic (exact) mass is 395 g/mol. The van der Waals surface area contributed by atoms with E-state index in [1.54, 1.807) is 6.07 Å². The van der Waals surface area contributed by atoms with Crippen molar-refractivity contribution < 1.29 is 13.2 Å². The molecular formula is C20H33N3O3S. The van der Waals surface area contributed by atoms with Gasteiger partial charge < -0.3 is 10.2 Å². The topological polar surface area (TPSA) is 69.7 Å². The van der Waals surface area contributed by atoms with Crippen LogP contribution < -0.4 is 9.62 Å². The van der Waals surface area contributed by atoms with Crippen LogP contribution >= 0.6 is 0 Å². The minimum absolute atomic E-state index is 0.188. The average molecular weight is 396 g/mol. The fraction of sp³-hybridized carbons (Fsp3) is 0.650. The Hall–Kier alpha value is -1.60. The standard InChI is InChI=1S/C20H33N3O3S/c1-17-9-10-19(18(2)15-17)23(27(3,25)26)16-20(24)21-11-8-14-22-12-6-4-5-7-13-22/h9-10,15H,4-8,11-14,16H2,1-3H3,(H,21,24). The van der Waals surface area contributed by atoms with Crippen LogP contribution in [0.1, 0.15) is 43.2 Å². The van der Waals surface area contributed by atoms with Gasteiger partial charge in [0.05, 0.1) is 11.9 Å². The molecule has 1 N–H and O–H groups in total. The van der Waals surface area contributed by atoms with Gasteiger partial charge in [-0.1, -0.05) is 30.5 Å². The van der Waals surface area contributed by atoms with E-state index in [1.165, 1.54) is 30.0 Å². The molecule has 1 amide bonds. The first-order valence-electron chi connectivity index (χ1n) is 9.81. The van der Waals surface area contributed by atoms with E-state index in [-0.39, 0.29) is 12.5 Å². The Morgan fingerprint density at radius 2 is 1.81 bits per heavy atom. The fourth-order valence-electron chi connectivity index (χ4n) is 3.54. The number of anilines is 1. The molecule has 27 heavy (non-hydrogen) atoms. The summed E-state index contributed by atoms with van der Waals surface area (Å²) in [6.07, 6.45) is 7.16. The van der Waals surface area contributed by atoms with Gasteiger partial charge in [0, 0.05) is 6.54 Å². The number of rotatable bonds is 8. The molecule has 152 valence electrons. The molecule has 0 radical (unpaired) electrons. The smallest absolute Gasteiger partial charge is 0.240 e. The highest BCUT2D eigenvalue weighted by molar-refractivity contribution is 7.92. The Bertz CT molecular complexity index is 726. The molecule has 0 unspecified atom stereocenters. The number of likely N-dealkylation sites (tertiary alicyclic amines) is 1. The highest BCUT2D eigenvalue weighted by Gasteiger charge is 2.22. The third-order valence-electron chi connectivity index (χ3n) is 4.98. The number of sulfonamides is 1. The van der Waals surface area contributed by atoms with Crippen molar-refractivity contribution in [1.82, 2.24) is 10.2 Å². The van der Waals surface area contributed by atoms with E-state index in [2.05, 4.69) is 10.2 Å². The zero-order valence-corrected chi connectivity index (χ0v) is 17.6. The van der Waals surface area contributed by atoms with Crippen molar-refractivity contribution in [1.29, 1.82) is 0 Å². The van der Waals surface area contributed by atoms with E-state index >= 15 is 0 Å². The third kappa shape index (κ3) is 7.14. The van der Waals surface area contributed by atoms with Crippen molar-refractivity contribution >= 4 is 21.6 Å². The maximum Gasteiger partial charge on any atom is 0.240 e. The van der Waals surface area contributed by atoms with E-state index in [0.29, 0.717) is 12.2 Å². The molecule has 1 aliphatic heterocycles. The average Bonchev–Trinajstić information content (AvgIpc) is 2.85. The lowest BCUT2D eigenvalue weighted by molar-refractivity contribution is -0.119. The van der Waals surface area contributed by atoms with Gasteiger partial charge in [0.25, 0.3) is 0 Å². The quantitative estimate of drug-likeness (QED) is 0.687. The van der Waals surface area contributed by atoms with Gasteiger partial charge in [0.2, 0.25) is 15.9 Å². The summed E-state index contributed by atoms with van der Waals surface area (Å²) in [4.78, 5) is 14.8. The molecule has 1 aromatic carbocycles. The van der Waals surface area contributed by atoms with Crippen molar-refractivity contribution in [3.8, 4) is 0 Å². The molecule has 1 fully saturated rings. The normalized spacial score (nSPS) is 16.0. The number of nitrogens with one attached hydrogen (secondary N) is 1. The SMILES string of the molecule is Cc1ccc(N(CC(=O)NCCCN2CCCCCC2)S(C)(=O)=O)c(C)c1. The second-order valence-electron chi connectivity index (χ2n) is 7.52. The van der Waals surface area contributed by atoms with E-state index in [1.807, 2.05) is 26.0 Å². The molecule has 2 rings (SSSR count). The summed E-state index contributed by atoms with van der Waals surface area (Å²) < 4.78 is 25.6. The van der Waals surface area contributed by atoms with Crippen LogP contribution in [0.15, 0.2) is 18.2 Å². The lowest BCUT2D eigenvalue weighted by Crippen LogP contribution is -2.41. The van der Waals surface area contributed by atoms with Crippen LogP contribution in [0.3, 0.4) is 0 Å². The zero-order valence-electron chi connectivity index (χ0n) is 16.8. The van der Waals surface area contributed by atoms with Crippen LogP contribution in [0, 0.1) is 13.8 Å². The number of nitrogens with zero attached hydrogens (tertiary/aromatic N) is 2. The van der Waals surface area contributed by atoms with Crippen LogP contribution in [0.5, 0.6) is 0 Å². The summed E-state index contributed by atoms with van der Waals surface area (Å²) in [5, 5.41) is 2.87. The predicted octanol–water partition coefficient (Wildman–Crippen LogP) is 2.45. The summed E-state index contributed by atoms with van der Waals surface area (Å²) in [6, 6.07) is 5.55. The largest absolute Gasteiger partial charge is 0.354 e. The summed E-state index contributed by atoms with van der Waals surface area (Å²) in [6.45, 7) is 7.46. The van der Waals surface area contributed by atoms with Gasteiger partial charge in [-0.3, -0.25) is 9.10 Å². The van der Waals surface area contributed by atoms with E-state index in [4.69, 9.17) is 0 Å². The molecule has 0 aromatic heterocycles. The lowest BCUT2D eigenvalue weighted by Gasteiger charge is -2.24. The Morgan fingerprint density at radius 1 is 1.15 bits per heavy atom. The maximum atomic E-state index is 12.3. The van der Waals surface area contributed by atoms with Crippen LogP contribution in [-0.4, -0.2) is 58.2 Å². The van der Waals surface area contributed by atoms with Crippen molar-refractivity contribution in [3.05, 3.63) is 29.3 Å². The van der Waals surface area contributed by atoms with Crippen LogP contribution in [0.4, 0.5) is 5.69 Å². The first kappa shape index (κ1) is 21.7. The molecule has 0 bridgehead atoms. The summed E-state index contributed by atoms with van der Waals surface area (Å²) >= 11 is 0. The molecule has 0 saturated carbocycles. The first-order valence-corrected chi connectivity index (χ1v) is 11.7. The highest BCUT2D eigenvalue weighted by atomic mass is 32.2. The van der Waals surface area contributed by atoms with Crippen molar-refractivity contribution in [2.75, 3.05) is 43.3 Å². The predicted molar refractivity (Wildman–Crippen MR) is 111 cm³/mol. The molecule has 1 heterocycles. The number of carbonyl (C=O) groups is 1. The number of hydrogen-bond acceptors (Lipinski definition) is 4. The van der Waals surface area contributed by atoms with Crippen LogP contribution in [0.2, 0.25) is 0 Å². The third-order valence-corrected chi connectivity index (χ3v) is 6.11. The Morgan fingerprint density at radius 3 is 2.41 bits per heavy atom. The molecule has 6 nitrogen and oxygen atoms in total. The molecule has 1 saturated heterocycles. The van der Waals surface area contributed by atoms with E-state index < -0.39 is 10.0 Å². The van der Waals surface area contributed by atoms with Gasteiger partial charge >= 0.3 is 0 Å². The lowest BCUT2D eigenvalue weighted by atomic mass is 10.1. The second-order valence-corrected chi connectivity index (χ2v) is 9.43. The van der Waals surface area contributed by atoms with Gasteiger partial charge in [-0.15, -0.1) is 0 Å².